The molecular formula is C18H18ClN5O3. The van der Waals surface area contributed by atoms with Crippen molar-refractivity contribution in [3.05, 3.63) is 75.2 Å². The maximum absolute atomic E-state index is 12.3. The van der Waals surface area contributed by atoms with Crippen molar-refractivity contribution in [2.45, 2.75) is 26.4 Å². The van der Waals surface area contributed by atoms with Gasteiger partial charge in [0.05, 0.1) is 16.8 Å². The summed E-state index contributed by atoms with van der Waals surface area (Å²) < 4.78 is 3.22. The van der Waals surface area contributed by atoms with Crippen LogP contribution >= 0.6 is 11.6 Å². The van der Waals surface area contributed by atoms with Crippen LogP contribution in [0.25, 0.3) is 5.69 Å². The number of benzene rings is 1. The Morgan fingerprint density at radius 2 is 1.93 bits per heavy atom. The molecule has 1 atom stereocenters. The van der Waals surface area contributed by atoms with Crippen molar-refractivity contribution in [1.29, 1.82) is 0 Å². The molecule has 0 aliphatic heterocycles. The SMILES string of the molecule is Cc1c(Cl)c([N+](=O)[O-])nn1CC(=O)NC(C)c1ccc(-n2cccc2)cc1. The Balaban J connectivity index is 1.66. The van der Waals surface area contributed by atoms with Gasteiger partial charge in [0.15, 0.2) is 5.02 Å². The predicted molar refractivity (Wildman–Crippen MR) is 101 cm³/mol. The van der Waals surface area contributed by atoms with Crippen LogP contribution in [0.2, 0.25) is 5.02 Å². The maximum atomic E-state index is 12.3. The molecule has 0 spiro atoms. The van der Waals surface area contributed by atoms with Gasteiger partial charge in [-0.25, -0.2) is 0 Å². The third-order valence-corrected chi connectivity index (χ3v) is 4.70. The average molecular weight is 388 g/mol. The minimum Gasteiger partial charge on any atom is -0.358 e. The van der Waals surface area contributed by atoms with E-state index in [1.54, 1.807) is 6.92 Å². The molecule has 1 unspecified atom stereocenters. The fourth-order valence-electron chi connectivity index (χ4n) is 2.73. The number of nitrogens with one attached hydrogen (secondary N) is 1. The normalized spacial score (nSPS) is 12.0. The fourth-order valence-corrected chi connectivity index (χ4v) is 2.93. The van der Waals surface area contributed by atoms with Crippen LogP contribution in [0.1, 0.15) is 24.2 Å². The minimum absolute atomic E-state index is 0.0542. The van der Waals surface area contributed by atoms with Gasteiger partial charge in [0.1, 0.15) is 6.54 Å². The van der Waals surface area contributed by atoms with Crippen LogP contribution in [0.4, 0.5) is 5.82 Å². The van der Waals surface area contributed by atoms with Crippen molar-refractivity contribution < 1.29 is 9.72 Å². The zero-order chi connectivity index (χ0) is 19.6. The Labute approximate surface area is 160 Å². The Kier molecular flexibility index (Phi) is 5.27. The lowest BCUT2D eigenvalue weighted by Crippen LogP contribution is -2.30. The molecule has 9 heteroatoms. The Hall–Kier alpha value is -3.13. The van der Waals surface area contributed by atoms with Gasteiger partial charge < -0.3 is 20.0 Å². The third kappa shape index (κ3) is 4.01. The molecule has 3 rings (SSSR count). The molecule has 2 aromatic heterocycles. The predicted octanol–water partition coefficient (Wildman–Crippen LogP) is 3.42. The van der Waals surface area contributed by atoms with E-state index in [9.17, 15) is 14.9 Å². The highest BCUT2D eigenvalue weighted by Gasteiger charge is 2.25. The number of aromatic nitrogens is 3. The van der Waals surface area contributed by atoms with Crippen LogP contribution in [-0.2, 0) is 11.3 Å². The molecule has 2 heterocycles. The van der Waals surface area contributed by atoms with Gasteiger partial charge in [0.25, 0.3) is 0 Å². The van der Waals surface area contributed by atoms with Crippen LogP contribution in [-0.4, -0.2) is 25.2 Å². The Bertz CT molecular complexity index is 964. The first kappa shape index (κ1) is 18.7. The molecule has 0 bridgehead atoms. The fraction of sp³-hybridized carbons (Fsp3) is 0.222. The van der Waals surface area contributed by atoms with Crippen molar-refractivity contribution >= 4 is 23.3 Å². The number of rotatable bonds is 6. The van der Waals surface area contributed by atoms with Gasteiger partial charge in [-0.2, -0.15) is 4.68 Å². The summed E-state index contributed by atoms with van der Waals surface area (Å²) in [5.74, 6) is -0.759. The van der Waals surface area contributed by atoms with Crippen LogP contribution in [0.3, 0.4) is 0 Å². The van der Waals surface area contributed by atoms with E-state index >= 15 is 0 Å². The lowest BCUT2D eigenvalue weighted by Gasteiger charge is -2.15. The summed E-state index contributed by atoms with van der Waals surface area (Å²) in [7, 11) is 0. The van der Waals surface area contributed by atoms with Gasteiger partial charge in [-0.3, -0.25) is 4.79 Å². The summed E-state index contributed by atoms with van der Waals surface area (Å²) in [5.41, 5.74) is 2.35. The smallest absolute Gasteiger partial charge is 0.358 e. The van der Waals surface area contributed by atoms with Gasteiger partial charge in [0, 0.05) is 18.1 Å². The van der Waals surface area contributed by atoms with Gasteiger partial charge in [0.2, 0.25) is 5.91 Å². The lowest BCUT2D eigenvalue weighted by atomic mass is 10.1. The first-order chi connectivity index (χ1) is 12.9. The number of nitrogens with zero attached hydrogens (tertiary/aromatic N) is 4. The standard InChI is InChI=1S/C18H18ClN5O3/c1-12(14-5-7-15(8-6-14)22-9-3-4-10-22)20-16(25)11-23-13(2)17(19)18(21-23)24(26)27/h3-10,12H,11H2,1-2H3,(H,20,25). The largest absolute Gasteiger partial charge is 0.408 e. The molecule has 3 aromatic rings. The van der Waals surface area contributed by atoms with Crippen molar-refractivity contribution in [2.24, 2.45) is 0 Å². The highest BCUT2D eigenvalue weighted by Crippen LogP contribution is 2.26. The molecule has 27 heavy (non-hydrogen) atoms. The van der Waals surface area contributed by atoms with Gasteiger partial charge in [-0.1, -0.05) is 23.7 Å². The van der Waals surface area contributed by atoms with Gasteiger partial charge in [-0.05, 0) is 48.6 Å². The molecule has 8 nitrogen and oxygen atoms in total. The van der Waals surface area contributed by atoms with E-state index in [4.69, 9.17) is 11.6 Å². The van der Waals surface area contributed by atoms with Crippen LogP contribution < -0.4 is 5.32 Å². The zero-order valence-corrected chi connectivity index (χ0v) is 15.6. The molecule has 1 amide bonds. The number of nitro groups is 1. The van der Waals surface area contributed by atoms with Crippen molar-refractivity contribution in [3.8, 4) is 5.69 Å². The molecule has 140 valence electrons. The first-order valence-electron chi connectivity index (χ1n) is 8.26. The number of amides is 1. The molecule has 0 fully saturated rings. The molecule has 1 aromatic carbocycles. The molecule has 0 saturated heterocycles. The van der Waals surface area contributed by atoms with E-state index in [1.807, 2.05) is 60.3 Å². The van der Waals surface area contributed by atoms with E-state index in [1.165, 1.54) is 4.68 Å². The summed E-state index contributed by atoms with van der Waals surface area (Å²) in [4.78, 5) is 22.5. The number of hydrogen-bond acceptors (Lipinski definition) is 4. The van der Waals surface area contributed by atoms with Crippen LogP contribution in [0.5, 0.6) is 0 Å². The number of hydrogen-bond donors (Lipinski definition) is 1. The molecule has 0 radical (unpaired) electrons. The highest BCUT2D eigenvalue weighted by atomic mass is 35.5. The first-order valence-corrected chi connectivity index (χ1v) is 8.64. The second-order valence-electron chi connectivity index (χ2n) is 6.11. The second kappa shape index (κ2) is 7.63. The van der Waals surface area contributed by atoms with E-state index < -0.39 is 10.7 Å². The summed E-state index contributed by atoms with van der Waals surface area (Å²) in [5, 5.41) is 17.5. The van der Waals surface area contributed by atoms with Crippen LogP contribution in [0.15, 0.2) is 48.8 Å². The lowest BCUT2D eigenvalue weighted by molar-refractivity contribution is -0.389. The molecular weight excluding hydrogens is 370 g/mol. The van der Waals surface area contributed by atoms with Crippen molar-refractivity contribution in [2.75, 3.05) is 0 Å². The second-order valence-corrected chi connectivity index (χ2v) is 6.49. The summed E-state index contributed by atoms with van der Waals surface area (Å²) >= 11 is 5.89. The molecule has 1 N–H and O–H groups in total. The monoisotopic (exact) mass is 387 g/mol. The maximum Gasteiger partial charge on any atom is 0.408 e. The summed E-state index contributed by atoms with van der Waals surface area (Å²) in [6.45, 7) is 3.30. The Morgan fingerprint density at radius 3 is 2.48 bits per heavy atom. The summed E-state index contributed by atoms with van der Waals surface area (Å²) in [6, 6.07) is 11.5. The number of carbonyl (C=O) groups excluding carboxylic acids is 1. The molecule has 0 saturated carbocycles. The zero-order valence-electron chi connectivity index (χ0n) is 14.8. The number of halogens is 1. The topological polar surface area (TPSA) is 95.0 Å². The summed E-state index contributed by atoms with van der Waals surface area (Å²) in [6.07, 6.45) is 3.91. The quantitative estimate of drug-likeness (QED) is 0.517. The van der Waals surface area contributed by atoms with Gasteiger partial charge in [-0.15, -0.1) is 0 Å². The van der Waals surface area contributed by atoms with E-state index in [0.717, 1.165) is 11.3 Å². The third-order valence-electron chi connectivity index (χ3n) is 4.26. The van der Waals surface area contributed by atoms with E-state index in [-0.39, 0.29) is 23.5 Å². The Morgan fingerprint density at radius 1 is 1.30 bits per heavy atom. The van der Waals surface area contributed by atoms with Crippen LogP contribution in [0, 0.1) is 17.0 Å². The molecule has 0 aliphatic rings. The van der Waals surface area contributed by atoms with E-state index in [0.29, 0.717) is 5.69 Å². The van der Waals surface area contributed by atoms with Gasteiger partial charge >= 0.3 is 5.82 Å². The molecule has 0 aliphatic carbocycles. The minimum atomic E-state index is -0.668. The van der Waals surface area contributed by atoms with E-state index in [2.05, 4.69) is 10.4 Å². The van der Waals surface area contributed by atoms with Crippen molar-refractivity contribution in [3.63, 3.8) is 0 Å². The number of carbonyl (C=O) groups is 1. The highest BCUT2D eigenvalue weighted by molar-refractivity contribution is 6.33. The average Bonchev–Trinajstić information content (AvgIpc) is 3.26. The van der Waals surface area contributed by atoms with Crippen molar-refractivity contribution in [1.82, 2.24) is 19.7 Å².